The zero-order valence-electron chi connectivity index (χ0n) is 13.4. The minimum absolute atomic E-state index is 0.253. The fourth-order valence-corrected chi connectivity index (χ4v) is 2.16. The van der Waals surface area contributed by atoms with Crippen molar-refractivity contribution in [1.82, 2.24) is 0 Å². The number of hydrogen-bond donors (Lipinski definition) is 2. The Morgan fingerprint density at radius 2 is 2.09 bits per heavy atom. The van der Waals surface area contributed by atoms with E-state index in [0.29, 0.717) is 12.1 Å². The van der Waals surface area contributed by atoms with Crippen molar-refractivity contribution >= 4 is 23.3 Å². The number of hydrogen-bond acceptors (Lipinski definition) is 5. The molecule has 0 fully saturated rings. The standard InChI is InChI=1S/C17H20N2O4/c1-4-13(17(21)22-3)18-12-7-8-14(11(2)10-12)19-16(20)15-6-5-9-23-15/h5-10,13,18H,4H2,1-3H3,(H,19,20)/t13-/m0/s1. The molecule has 2 N–H and O–H groups in total. The Balaban J connectivity index is 2.08. The number of ether oxygens (including phenoxy) is 1. The summed E-state index contributed by atoms with van der Waals surface area (Å²) in [5.74, 6) is -0.358. The molecule has 0 aliphatic heterocycles. The number of carbonyl (C=O) groups is 2. The summed E-state index contributed by atoms with van der Waals surface area (Å²) in [7, 11) is 1.37. The van der Waals surface area contributed by atoms with E-state index < -0.39 is 6.04 Å². The number of aryl methyl sites for hydroxylation is 1. The Bertz CT molecular complexity index is 680. The number of amides is 1. The highest BCUT2D eigenvalue weighted by Gasteiger charge is 2.17. The van der Waals surface area contributed by atoms with E-state index in [1.54, 1.807) is 24.3 Å². The maximum Gasteiger partial charge on any atom is 0.328 e. The molecule has 1 aromatic heterocycles. The summed E-state index contributed by atoms with van der Waals surface area (Å²) in [6, 6.07) is 8.31. The molecule has 0 spiro atoms. The Morgan fingerprint density at radius 1 is 1.30 bits per heavy atom. The quantitative estimate of drug-likeness (QED) is 0.800. The minimum Gasteiger partial charge on any atom is -0.467 e. The molecule has 2 aromatic rings. The van der Waals surface area contributed by atoms with E-state index in [0.717, 1.165) is 11.3 Å². The van der Waals surface area contributed by atoms with Crippen LogP contribution >= 0.6 is 0 Å². The van der Waals surface area contributed by atoms with Gasteiger partial charge in [-0.05, 0) is 49.2 Å². The largest absolute Gasteiger partial charge is 0.467 e. The number of esters is 1. The van der Waals surface area contributed by atoms with Gasteiger partial charge in [0.05, 0.1) is 13.4 Å². The Morgan fingerprint density at radius 3 is 2.65 bits per heavy atom. The molecule has 1 aromatic carbocycles. The molecule has 1 amide bonds. The fraction of sp³-hybridized carbons (Fsp3) is 0.294. The fourth-order valence-electron chi connectivity index (χ4n) is 2.16. The first-order valence-electron chi connectivity index (χ1n) is 7.35. The van der Waals surface area contributed by atoms with Gasteiger partial charge in [-0.15, -0.1) is 0 Å². The van der Waals surface area contributed by atoms with Gasteiger partial charge in [-0.2, -0.15) is 0 Å². The predicted molar refractivity (Wildman–Crippen MR) is 87.6 cm³/mol. The number of anilines is 2. The molecule has 0 saturated carbocycles. The molecule has 23 heavy (non-hydrogen) atoms. The van der Waals surface area contributed by atoms with Crippen molar-refractivity contribution in [2.24, 2.45) is 0 Å². The van der Waals surface area contributed by atoms with Gasteiger partial charge in [0.2, 0.25) is 0 Å². The topological polar surface area (TPSA) is 80.6 Å². The lowest BCUT2D eigenvalue weighted by Gasteiger charge is -2.17. The van der Waals surface area contributed by atoms with Crippen molar-refractivity contribution in [2.45, 2.75) is 26.3 Å². The van der Waals surface area contributed by atoms with Crippen LogP contribution in [0.3, 0.4) is 0 Å². The molecular weight excluding hydrogens is 296 g/mol. The molecule has 0 aliphatic carbocycles. The molecule has 0 radical (unpaired) electrons. The van der Waals surface area contributed by atoms with Crippen LogP contribution in [0, 0.1) is 6.92 Å². The molecule has 0 aliphatic rings. The Hall–Kier alpha value is -2.76. The molecule has 0 saturated heterocycles. The van der Waals surface area contributed by atoms with Gasteiger partial charge in [0.1, 0.15) is 6.04 Å². The van der Waals surface area contributed by atoms with E-state index in [-0.39, 0.29) is 17.6 Å². The highest BCUT2D eigenvalue weighted by molar-refractivity contribution is 6.02. The highest BCUT2D eigenvalue weighted by Crippen LogP contribution is 2.21. The van der Waals surface area contributed by atoms with Gasteiger partial charge in [0, 0.05) is 11.4 Å². The highest BCUT2D eigenvalue weighted by atomic mass is 16.5. The first kappa shape index (κ1) is 16.6. The molecule has 0 bridgehead atoms. The lowest BCUT2D eigenvalue weighted by atomic mass is 10.1. The normalized spacial score (nSPS) is 11.6. The van der Waals surface area contributed by atoms with Gasteiger partial charge in [-0.25, -0.2) is 4.79 Å². The Kier molecular flexibility index (Phi) is 5.41. The zero-order valence-corrected chi connectivity index (χ0v) is 13.4. The van der Waals surface area contributed by atoms with Crippen LogP contribution in [0.5, 0.6) is 0 Å². The van der Waals surface area contributed by atoms with E-state index in [9.17, 15) is 9.59 Å². The van der Waals surface area contributed by atoms with Crippen LogP contribution in [0.2, 0.25) is 0 Å². The predicted octanol–water partition coefficient (Wildman–Crippen LogP) is 3.20. The number of nitrogens with one attached hydrogen (secondary N) is 2. The third-order valence-electron chi connectivity index (χ3n) is 3.45. The molecule has 1 atom stereocenters. The number of carbonyl (C=O) groups excluding carboxylic acids is 2. The van der Waals surface area contributed by atoms with Crippen LogP contribution in [-0.4, -0.2) is 25.0 Å². The number of rotatable bonds is 6. The smallest absolute Gasteiger partial charge is 0.328 e. The summed E-state index contributed by atoms with van der Waals surface area (Å²) in [5.41, 5.74) is 2.34. The summed E-state index contributed by atoms with van der Waals surface area (Å²) >= 11 is 0. The van der Waals surface area contributed by atoms with Crippen molar-refractivity contribution in [2.75, 3.05) is 17.7 Å². The van der Waals surface area contributed by atoms with E-state index in [2.05, 4.69) is 10.6 Å². The van der Waals surface area contributed by atoms with Crippen molar-refractivity contribution in [3.63, 3.8) is 0 Å². The van der Waals surface area contributed by atoms with Crippen molar-refractivity contribution in [3.05, 3.63) is 47.9 Å². The first-order valence-corrected chi connectivity index (χ1v) is 7.35. The summed E-state index contributed by atoms with van der Waals surface area (Å²) in [5, 5.41) is 5.91. The van der Waals surface area contributed by atoms with Crippen LogP contribution in [0.4, 0.5) is 11.4 Å². The molecule has 122 valence electrons. The van der Waals surface area contributed by atoms with E-state index in [4.69, 9.17) is 9.15 Å². The number of benzene rings is 1. The third-order valence-corrected chi connectivity index (χ3v) is 3.45. The van der Waals surface area contributed by atoms with Gasteiger partial charge >= 0.3 is 5.97 Å². The number of methoxy groups -OCH3 is 1. The van der Waals surface area contributed by atoms with Crippen LogP contribution in [-0.2, 0) is 9.53 Å². The van der Waals surface area contributed by atoms with Crippen LogP contribution in [0.1, 0.15) is 29.5 Å². The molecule has 6 nitrogen and oxygen atoms in total. The molecule has 6 heteroatoms. The second-order valence-corrected chi connectivity index (χ2v) is 5.09. The molecule has 1 heterocycles. The van der Waals surface area contributed by atoms with E-state index in [1.165, 1.54) is 13.4 Å². The lowest BCUT2D eigenvalue weighted by molar-refractivity contribution is -0.141. The zero-order chi connectivity index (χ0) is 16.8. The lowest BCUT2D eigenvalue weighted by Crippen LogP contribution is -2.29. The Labute approximate surface area is 134 Å². The van der Waals surface area contributed by atoms with Crippen LogP contribution < -0.4 is 10.6 Å². The SMILES string of the molecule is CC[C@H](Nc1ccc(NC(=O)c2ccco2)c(C)c1)C(=O)OC. The first-order chi connectivity index (χ1) is 11.0. The van der Waals surface area contributed by atoms with Gasteiger partial charge in [-0.3, -0.25) is 4.79 Å². The average Bonchev–Trinajstić information content (AvgIpc) is 3.08. The van der Waals surface area contributed by atoms with E-state index >= 15 is 0 Å². The average molecular weight is 316 g/mol. The van der Waals surface area contributed by atoms with Gasteiger partial charge in [-0.1, -0.05) is 6.92 Å². The van der Waals surface area contributed by atoms with Crippen molar-refractivity contribution in [1.29, 1.82) is 0 Å². The summed E-state index contributed by atoms with van der Waals surface area (Å²) in [6.45, 7) is 3.78. The van der Waals surface area contributed by atoms with Gasteiger partial charge < -0.3 is 19.8 Å². The minimum atomic E-state index is -0.400. The van der Waals surface area contributed by atoms with Crippen LogP contribution in [0.15, 0.2) is 41.0 Å². The summed E-state index contributed by atoms with van der Waals surface area (Å²) in [6.07, 6.45) is 2.06. The van der Waals surface area contributed by atoms with Gasteiger partial charge in [0.15, 0.2) is 5.76 Å². The summed E-state index contributed by atoms with van der Waals surface area (Å²) in [4.78, 5) is 23.6. The molecular formula is C17H20N2O4. The van der Waals surface area contributed by atoms with Crippen molar-refractivity contribution in [3.8, 4) is 0 Å². The molecule has 0 unspecified atom stereocenters. The van der Waals surface area contributed by atoms with Crippen molar-refractivity contribution < 1.29 is 18.7 Å². The van der Waals surface area contributed by atoms with Crippen LogP contribution in [0.25, 0.3) is 0 Å². The van der Waals surface area contributed by atoms with Gasteiger partial charge in [0.25, 0.3) is 5.91 Å². The van der Waals surface area contributed by atoms with E-state index in [1.807, 2.05) is 19.9 Å². The second-order valence-electron chi connectivity index (χ2n) is 5.09. The monoisotopic (exact) mass is 316 g/mol. The summed E-state index contributed by atoms with van der Waals surface area (Å²) < 4.78 is 9.82. The second kappa shape index (κ2) is 7.49. The molecule has 2 rings (SSSR count). The maximum absolute atomic E-state index is 12.0. The third kappa shape index (κ3) is 4.12. The maximum atomic E-state index is 12.0. The number of furan rings is 1.